The summed E-state index contributed by atoms with van der Waals surface area (Å²) in [5, 5.41) is 3.21. The fraction of sp³-hybridized carbons (Fsp3) is 1.00. The van der Waals surface area contributed by atoms with Gasteiger partial charge in [0, 0.05) is 26.2 Å². The molecule has 0 atom stereocenters. The summed E-state index contributed by atoms with van der Waals surface area (Å²) in [6, 6.07) is 0. The van der Waals surface area contributed by atoms with Gasteiger partial charge in [-0.15, -0.1) is 0 Å². The van der Waals surface area contributed by atoms with Gasteiger partial charge in [0.25, 0.3) is 0 Å². The third kappa shape index (κ3) is 5.18. The number of hydrogen-bond donors (Lipinski definition) is 1. The minimum Gasteiger partial charge on any atom is -0.379 e. The van der Waals surface area contributed by atoms with Gasteiger partial charge in [0.15, 0.2) is 0 Å². The molecule has 0 spiro atoms. The molecule has 1 aliphatic heterocycles. The average Bonchev–Trinajstić information content (AvgIpc) is 2.19. The van der Waals surface area contributed by atoms with Gasteiger partial charge in [-0.3, -0.25) is 9.29 Å². The zero-order valence-corrected chi connectivity index (χ0v) is 8.10. The third-order valence-electron chi connectivity index (χ3n) is 2.20. The first-order valence-corrected chi connectivity index (χ1v) is 5.00. The molecule has 1 fully saturated rings. The topological polar surface area (TPSA) is 24.5 Å². The van der Waals surface area contributed by atoms with E-state index in [9.17, 15) is 4.39 Å². The van der Waals surface area contributed by atoms with Gasteiger partial charge < -0.3 is 10.1 Å². The van der Waals surface area contributed by atoms with Crippen LogP contribution in [0.5, 0.6) is 0 Å². The Morgan fingerprint density at radius 3 is 2.69 bits per heavy atom. The van der Waals surface area contributed by atoms with Crippen LogP contribution in [0.25, 0.3) is 0 Å². The molecule has 1 aliphatic rings. The molecule has 0 aromatic rings. The fourth-order valence-corrected chi connectivity index (χ4v) is 1.38. The number of hydrogen-bond acceptors (Lipinski definition) is 3. The zero-order valence-electron chi connectivity index (χ0n) is 8.10. The first-order chi connectivity index (χ1) is 6.43. The molecule has 0 amide bonds. The van der Waals surface area contributed by atoms with Gasteiger partial charge >= 0.3 is 0 Å². The van der Waals surface area contributed by atoms with Crippen LogP contribution >= 0.6 is 0 Å². The number of ether oxygens (including phenoxy) is 1. The second kappa shape index (κ2) is 7.24. The van der Waals surface area contributed by atoms with Crippen LogP contribution in [0.15, 0.2) is 0 Å². The van der Waals surface area contributed by atoms with Gasteiger partial charge in [0.05, 0.1) is 19.9 Å². The molecule has 13 heavy (non-hydrogen) atoms. The van der Waals surface area contributed by atoms with E-state index in [4.69, 9.17) is 4.74 Å². The average molecular weight is 190 g/mol. The van der Waals surface area contributed by atoms with E-state index in [-0.39, 0.29) is 6.67 Å². The van der Waals surface area contributed by atoms with Gasteiger partial charge in [0.2, 0.25) is 0 Å². The van der Waals surface area contributed by atoms with Crippen LogP contribution in [0, 0.1) is 0 Å². The third-order valence-corrected chi connectivity index (χ3v) is 2.20. The van der Waals surface area contributed by atoms with Crippen molar-refractivity contribution < 1.29 is 9.13 Å². The van der Waals surface area contributed by atoms with E-state index in [1.807, 2.05) is 0 Å². The molecule has 1 heterocycles. The molecule has 4 heteroatoms. The summed E-state index contributed by atoms with van der Waals surface area (Å²) < 4.78 is 16.9. The van der Waals surface area contributed by atoms with Gasteiger partial charge in [-0.1, -0.05) is 0 Å². The van der Waals surface area contributed by atoms with Crippen LogP contribution in [0.2, 0.25) is 0 Å². The van der Waals surface area contributed by atoms with Crippen molar-refractivity contribution in [2.45, 2.75) is 6.42 Å². The second-order valence-electron chi connectivity index (χ2n) is 3.25. The Labute approximate surface area is 79.2 Å². The predicted molar refractivity (Wildman–Crippen MR) is 50.7 cm³/mol. The second-order valence-corrected chi connectivity index (χ2v) is 3.25. The van der Waals surface area contributed by atoms with E-state index in [0.717, 1.165) is 45.9 Å². The molecule has 0 aliphatic carbocycles. The highest BCUT2D eigenvalue weighted by Gasteiger charge is 2.08. The van der Waals surface area contributed by atoms with Gasteiger partial charge in [-0.2, -0.15) is 0 Å². The van der Waals surface area contributed by atoms with Crippen LogP contribution in [0.3, 0.4) is 0 Å². The normalized spacial score (nSPS) is 19.2. The van der Waals surface area contributed by atoms with Crippen molar-refractivity contribution in [2.24, 2.45) is 0 Å². The van der Waals surface area contributed by atoms with Gasteiger partial charge in [-0.05, 0) is 13.0 Å². The maximum absolute atomic E-state index is 11.7. The Morgan fingerprint density at radius 2 is 2.00 bits per heavy atom. The summed E-state index contributed by atoms with van der Waals surface area (Å²) in [6.45, 7) is 6.35. The van der Waals surface area contributed by atoms with Crippen molar-refractivity contribution in [1.82, 2.24) is 10.2 Å². The fourth-order valence-electron chi connectivity index (χ4n) is 1.38. The monoisotopic (exact) mass is 190 g/mol. The summed E-state index contributed by atoms with van der Waals surface area (Å²) in [7, 11) is 0. The van der Waals surface area contributed by atoms with E-state index in [1.165, 1.54) is 0 Å². The number of nitrogens with one attached hydrogen (secondary N) is 1. The molecule has 1 rings (SSSR count). The number of morpholine rings is 1. The summed E-state index contributed by atoms with van der Waals surface area (Å²) in [5.74, 6) is 0. The highest BCUT2D eigenvalue weighted by molar-refractivity contribution is 4.62. The zero-order chi connectivity index (χ0) is 9.36. The lowest BCUT2D eigenvalue weighted by Crippen LogP contribution is -2.40. The SMILES string of the molecule is FCCCNCCN1CCOCC1. The largest absolute Gasteiger partial charge is 0.379 e. The Balaban J connectivity index is 1.86. The smallest absolute Gasteiger partial charge is 0.0906 e. The maximum Gasteiger partial charge on any atom is 0.0906 e. The van der Waals surface area contributed by atoms with Crippen molar-refractivity contribution in [2.75, 3.05) is 52.6 Å². The molecular formula is C9H19FN2O. The van der Waals surface area contributed by atoms with Gasteiger partial charge in [-0.25, -0.2) is 0 Å². The molecule has 0 bridgehead atoms. The Hall–Kier alpha value is -0.190. The van der Waals surface area contributed by atoms with Crippen molar-refractivity contribution in [3.8, 4) is 0 Å². The predicted octanol–water partition coefficient (Wildman–Crippen LogP) is 0.268. The molecule has 0 aromatic carbocycles. The van der Waals surface area contributed by atoms with Gasteiger partial charge in [0.1, 0.15) is 0 Å². The van der Waals surface area contributed by atoms with Crippen LogP contribution in [0.1, 0.15) is 6.42 Å². The lowest BCUT2D eigenvalue weighted by Gasteiger charge is -2.26. The van der Waals surface area contributed by atoms with Crippen molar-refractivity contribution in [1.29, 1.82) is 0 Å². The molecule has 3 nitrogen and oxygen atoms in total. The molecule has 1 N–H and O–H groups in total. The number of alkyl halides is 1. The number of rotatable bonds is 6. The minimum atomic E-state index is -0.218. The van der Waals surface area contributed by atoms with E-state index < -0.39 is 0 Å². The van der Waals surface area contributed by atoms with Crippen LogP contribution in [0.4, 0.5) is 4.39 Å². The lowest BCUT2D eigenvalue weighted by molar-refractivity contribution is 0.0384. The molecule has 1 saturated heterocycles. The molecule has 0 aromatic heterocycles. The van der Waals surface area contributed by atoms with E-state index in [0.29, 0.717) is 6.42 Å². The molecule has 0 unspecified atom stereocenters. The highest BCUT2D eigenvalue weighted by Crippen LogP contribution is 1.94. The Bertz CT molecular complexity index is 118. The molecule has 78 valence electrons. The van der Waals surface area contributed by atoms with E-state index in [2.05, 4.69) is 10.2 Å². The van der Waals surface area contributed by atoms with Crippen molar-refractivity contribution >= 4 is 0 Å². The Kier molecular flexibility index (Phi) is 6.06. The quantitative estimate of drug-likeness (QED) is 0.608. The van der Waals surface area contributed by atoms with Crippen LogP contribution < -0.4 is 5.32 Å². The van der Waals surface area contributed by atoms with E-state index >= 15 is 0 Å². The van der Waals surface area contributed by atoms with Crippen LogP contribution in [-0.4, -0.2) is 57.5 Å². The highest BCUT2D eigenvalue weighted by atomic mass is 19.1. The summed E-state index contributed by atoms with van der Waals surface area (Å²) in [4.78, 5) is 2.37. The standard InChI is InChI=1S/C9H19FN2O/c10-2-1-3-11-4-5-12-6-8-13-9-7-12/h11H,1-9H2. The van der Waals surface area contributed by atoms with E-state index in [1.54, 1.807) is 0 Å². The molecule has 0 saturated carbocycles. The Morgan fingerprint density at radius 1 is 1.23 bits per heavy atom. The lowest BCUT2D eigenvalue weighted by atomic mass is 10.4. The first-order valence-electron chi connectivity index (χ1n) is 5.00. The van der Waals surface area contributed by atoms with Crippen LogP contribution in [-0.2, 0) is 4.74 Å². The van der Waals surface area contributed by atoms with Crippen molar-refractivity contribution in [3.63, 3.8) is 0 Å². The summed E-state index contributed by atoms with van der Waals surface area (Å²) >= 11 is 0. The maximum atomic E-state index is 11.7. The first kappa shape index (κ1) is 10.9. The minimum absolute atomic E-state index is 0.218. The molecular weight excluding hydrogens is 171 g/mol. The summed E-state index contributed by atoms with van der Waals surface area (Å²) in [6.07, 6.45) is 0.628. The molecule has 0 radical (unpaired) electrons. The number of halogens is 1. The number of nitrogens with zero attached hydrogens (tertiary/aromatic N) is 1. The summed E-state index contributed by atoms with van der Waals surface area (Å²) in [5.41, 5.74) is 0. The van der Waals surface area contributed by atoms with Crippen molar-refractivity contribution in [3.05, 3.63) is 0 Å².